The van der Waals surface area contributed by atoms with Gasteiger partial charge in [-0.2, -0.15) is 0 Å². The molecule has 2 amide bonds. The van der Waals surface area contributed by atoms with Crippen LogP contribution in [0.3, 0.4) is 0 Å². The minimum absolute atomic E-state index is 0.0827. The van der Waals surface area contributed by atoms with Gasteiger partial charge >= 0.3 is 0 Å². The fourth-order valence-electron chi connectivity index (χ4n) is 3.69. The first-order valence-electron chi connectivity index (χ1n) is 8.17. The van der Waals surface area contributed by atoms with E-state index < -0.39 is 0 Å². The predicted molar refractivity (Wildman–Crippen MR) is 86.5 cm³/mol. The monoisotopic (exact) mass is 316 g/mol. The second-order valence-electron chi connectivity index (χ2n) is 6.69. The number of likely N-dealkylation sites (tertiary alicyclic amines) is 1. The lowest BCUT2D eigenvalue weighted by atomic mass is 10.1. The van der Waals surface area contributed by atoms with Crippen molar-refractivity contribution in [1.29, 1.82) is 0 Å². The number of hydrogen-bond acceptors (Lipinski definition) is 4. The van der Waals surface area contributed by atoms with E-state index in [9.17, 15) is 9.59 Å². The molecule has 0 spiro atoms. The molecule has 1 aromatic rings. The lowest BCUT2D eigenvalue weighted by Gasteiger charge is -2.30. The van der Waals surface area contributed by atoms with Crippen LogP contribution in [0.4, 0.5) is 0 Å². The number of nitrogens with zero attached hydrogens (tertiary/aromatic N) is 4. The molecule has 2 fully saturated rings. The van der Waals surface area contributed by atoms with Crippen molar-refractivity contribution in [2.75, 3.05) is 27.2 Å². The van der Waals surface area contributed by atoms with Crippen molar-refractivity contribution < 1.29 is 9.59 Å². The van der Waals surface area contributed by atoms with Gasteiger partial charge in [0.15, 0.2) is 0 Å². The van der Waals surface area contributed by atoms with Crippen LogP contribution in [0.15, 0.2) is 24.5 Å². The average molecular weight is 316 g/mol. The Morgan fingerprint density at radius 3 is 2.74 bits per heavy atom. The van der Waals surface area contributed by atoms with Crippen LogP contribution in [0.2, 0.25) is 0 Å². The fraction of sp³-hybridized carbons (Fsp3) is 0.588. The van der Waals surface area contributed by atoms with E-state index in [0.717, 1.165) is 24.9 Å². The van der Waals surface area contributed by atoms with Gasteiger partial charge in [0.1, 0.15) is 0 Å². The quantitative estimate of drug-likeness (QED) is 0.822. The van der Waals surface area contributed by atoms with Gasteiger partial charge in [0.25, 0.3) is 0 Å². The van der Waals surface area contributed by atoms with Crippen LogP contribution in [0, 0.1) is 0 Å². The van der Waals surface area contributed by atoms with Gasteiger partial charge in [-0.3, -0.25) is 19.5 Å². The van der Waals surface area contributed by atoms with Crippen LogP contribution in [-0.4, -0.2) is 70.8 Å². The average Bonchev–Trinajstić information content (AvgIpc) is 2.84. The second kappa shape index (κ2) is 6.66. The van der Waals surface area contributed by atoms with Crippen LogP contribution in [0.1, 0.15) is 24.8 Å². The second-order valence-corrected chi connectivity index (χ2v) is 6.69. The van der Waals surface area contributed by atoms with Gasteiger partial charge in [-0.25, -0.2) is 0 Å². The maximum Gasteiger partial charge on any atom is 0.237 e. The highest BCUT2D eigenvalue weighted by atomic mass is 16.2. The van der Waals surface area contributed by atoms with E-state index in [1.54, 1.807) is 17.3 Å². The Balaban J connectivity index is 1.62. The smallest absolute Gasteiger partial charge is 0.237 e. The van der Waals surface area contributed by atoms with Crippen LogP contribution in [-0.2, 0) is 16.1 Å². The topological polar surface area (TPSA) is 56.8 Å². The first-order chi connectivity index (χ1) is 11.0. The number of carbonyl (C=O) groups is 2. The van der Waals surface area contributed by atoms with Crippen LogP contribution in [0.25, 0.3) is 0 Å². The number of likely N-dealkylation sites (N-methyl/N-ethyl adjacent to an activating group) is 2. The molecule has 0 unspecified atom stereocenters. The molecular weight excluding hydrogens is 292 g/mol. The van der Waals surface area contributed by atoms with Gasteiger partial charge in [0, 0.05) is 51.0 Å². The van der Waals surface area contributed by atoms with Gasteiger partial charge in [0.2, 0.25) is 11.8 Å². The number of rotatable bonds is 4. The van der Waals surface area contributed by atoms with E-state index >= 15 is 0 Å². The highest BCUT2D eigenvalue weighted by Crippen LogP contribution is 2.30. The first-order valence-corrected chi connectivity index (χ1v) is 8.17. The van der Waals surface area contributed by atoms with Crippen molar-refractivity contribution >= 4 is 11.8 Å². The van der Waals surface area contributed by atoms with Crippen LogP contribution < -0.4 is 0 Å². The number of amides is 2. The van der Waals surface area contributed by atoms with E-state index in [1.165, 1.54) is 0 Å². The molecule has 0 radical (unpaired) electrons. The van der Waals surface area contributed by atoms with E-state index in [-0.39, 0.29) is 23.9 Å². The molecule has 23 heavy (non-hydrogen) atoms. The zero-order valence-corrected chi connectivity index (χ0v) is 13.8. The maximum atomic E-state index is 12.8. The zero-order chi connectivity index (χ0) is 16.4. The lowest BCUT2D eigenvalue weighted by molar-refractivity contribution is -0.134. The molecule has 124 valence electrons. The SMILES string of the molecule is CN(CC(=O)N1[C@@H]2CC[C@H]1CN(C)C(=O)C2)Cc1ccncc1. The molecule has 0 aromatic carbocycles. The Labute approximate surface area is 137 Å². The van der Waals surface area contributed by atoms with Crippen LogP contribution in [0.5, 0.6) is 0 Å². The molecule has 6 heteroatoms. The largest absolute Gasteiger partial charge is 0.344 e. The molecule has 0 N–H and O–H groups in total. The van der Waals surface area contributed by atoms with E-state index in [0.29, 0.717) is 19.5 Å². The molecule has 1 aromatic heterocycles. The predicted octanol–water partition coefficient (Wildman–Crippen LogP) is 0.735. The third-order valence-electron chi connectivity index (χ3n) is 4.84. The fourth-order valence-corrected chi connectivity index (χ4v) is 3.69. The van der Waals surface area contributed by atoms with Crippen molar-refractivity contribution in [3.63, 3.8) is 0 Å². The number of carbonyl (C=O) groups excluding carboxylic acids is 2. The Kier molecular flexibility index (Phi) is 4.61. The Morgan fingerprint density at radius 2 is 2.00 bits per heavy atom. The normalized spacial score (nSPS) is 24.2. The summed E-state index contributed by atoms with van der Waals surface area (Å²) in [6, 6.07) is 4.19. The molecular formula is C17H24N4O2. The first kappa shape index (κ1) is 15.9. The summed E-state index contributed by atoms with van der Waals surface area (Å²) in [7, 11) is 3.79. The minimum atomic E-state index is 0.0827. The molecule has 2 aliphatic rings. The van der Waals surface area contributed by atoms with Crippen molar-refractivity contribution in [1.82, 2.24) is 19.7 Å². The molecule has 3 heterocycles. The summed E-state index contributed by atoms with van der Waals surface area (Å²) in [6.07, 6.45) is 5.95. The summed E-state index contributed by atoms with van der Waals surface area (Å²) in [5, 5.41) is 0. The highest BCUT2D eigenvalue weighted by Gasteiger charge is 2.41. The molecule has 2 aliphatic heterocycles. The van der Waals surface area contributed by atoms with Gasteiger partial charge in [-0.15, -0.1) is 0 Å². The molecule has 2 atom stereocenters. The molecule has 2 saturated heterocycles. The number of pyridine rings is 1. The van der Waals surface area contributed by atoms with E-state index in [4.69, 9.17) is 0 Å². The molecule has 6 nitrogen and oxygen atoms in total. The maximum absolute atomic E-state index is 12.8. The Hall–Kier alpha value is -1.95. The summed E-state index contributed by atoms with van der Waals surface area (Å²) < 4.78 is 0. The van der Waals surface area contributed by atoms with Crippen LogP contribution >= 0.6 is 0 Å². The van der Waals surface area contributed by atoms with Crippen molar-refractivity contribution in [3.8, 4) is 0 Å². The molecule has 0 aliphatic carbocycles. The molecule has 3 rings (SSSR count). The Bertz CT molecular complexity index is 577. The summed E-state index contributed by atoms with van der Waals surface area (Å²) in [5.41, 5.74) is 1.14. The number of hydrogen-bond donors (Lipinski definition) is 0. The van der Waals surface area contributed by atoms with Crippen molar-refractivity contribution in [2.24, 2.45) is 0 Å². The van der Waals surface area contributed by atoms with Gasteiger partial charge in [-0.1, -0.05) is 0 Å². The molecule has 0 saturated carbocycles. The summed E-state index contributed by atoms with van der Waals surface area (Å²) >= 11 is 0. The third-order valence-corrected chi connectivity index (χ3v) is 4.84. The number of aromatic nitrogens is 1. The Morgan fingerprint density at radius 1 is 1.30 bits per heavy atom. The zero-order valence-electron chi connectivity index (χ0n) is 13.8. The summed E-state index contributed by atoms with van der Waals surface area (Å²) in [6.45, 7) is 1.76. The summed E-state index contributed by atoms with van der Waals surface area (Å²) in [4.78, 5) is 34.6. The lowest BCUT2D eigenvalue weighted by Crippen LogP contribution is -2.46. The minimum Gasteiger partial charge on any atom is -0.344 e. The summed E-state index contributed by atoms with van der Waals surface area (Å²) in [5.74, 6) is 0.289. The standard InChI is InChI=1S/C17H24N4O2/c1-19(10-13-5-7-18-8-6-13)12-17(23)21-14-3-4-15(21)11-20(2)16(22)9-14/h5-8,14-15H,3-4,9-12H2,1-2H3/t14-,15+/m1/s1. The van der Waals surface area contributed by atoms with E-state index in [1.807, 2.05) is 36.0 Å². The highest BCUT2D eigenvalue weighted by molar-refractivity contribution is 5.82. The van der Waals surface area contributed by atoms with Crippen molar-refractivity contribution in [3.05, 3.63) is 30.1 Å². The van der Waals surface area contributed by atoms with Gasteiger partial charge in [-0.05, 0) is 37.6 Å². The third kappa shape index (κ3) is 3.52. The van der Waals surface area contributed by atoms with Gasteiger partial charge < -0.3 is 9.80 Å². The van der Waals surface area contributed by atoms with Gasteiger partial charge in [0.05, 0.1) is 6.54 Å². The van der Waals surface area contributed by atoms with E-state index in [2.05, 4.69) is 4.98 Å². The molecule has 2 bridgehead atoms. The van der Waals surface area contributed by atoms with Crippen molar-refractivity contribution in [2.45, 2.75) is 37.9 Å². The number of fused-ring (bicyclic) bond motifs is 2.